The number of nitrogens with one attached hydrogen (secondary N) is 1. The van der Waals surface area contributed by atoms with Gasteiger partial charge in [0.2, 0.25) is 5.75 Å². The lowest BCUT2D eigenvalue weighted by Gasteiger charge is -2.14. The second-order valence-corrected chi connectivity index (χ2v) is 4.79. The summed E-state index contributed by atoms with van der Waals surface area (Å²) in [7, 11) is 4.62. The SMILES string of the molecule is COc1cc(/C(C)=N\NC(=O)c2ccncc2)cc(OC)c1OC. The van der Waals surface area contributed by atoms with Crippen LogP contribution in [0.15, 0.2) is 41.8 Å². The Balaban J connectivity index is 2.25. The van der Waals surface area contributed by atoms with Crippen molar-refractivity contribution in [2.45, 2.75) is 6.92 Å². The van der Waals surface area contributed by atoms with E-state index in [2.05, 4.69) is 15.5 Å². The lowest BCUT2D eigenvalue weighted by atomic mass is 10.1. The minimum Gasteiger partial charge on any atom is -0.493 e. The molecule has 7 nitrogen and oxygen atoms in total. The van der Waals surface area contributed by atoms with Crippen LogP contribution < -0.4 is 19.6 Å². The molecule has 0 radical (unpaired) electrons. The van der Waals surface area contributed by atoms with E-state index in [4.69, 9.17) is 14.2 Å². The van der Waals surface area contributed by atoms with Crippen molar-refractivity contribution in [3.63, 3.8) is 0 Å². The molecule has 0 unspecified atom stereocenters. The molecule has 7 heteroatoms. The monoisotopic (exact) mass is 329 g/mol. The predicted molar refractivity (Wildman–Crippen MR) is 90.0 cm³/mol. The molecule has 2 aromatic rings. The highest BCUT2D eigenvalue weighted by Gasteiger charge is 2.14. The van der Waals surface area contributed by atoms with Gasteiger partial charge >= 0.3 is 0 Å². The van der Waals surface area contributed by atoms with Crippen molar-refractivity contribution in [3.05, 3.63) is 47.8 Å². The molecule has 0 aliphatic rings. The Bertz CT molecular complexity index is 720. The number of ether oxygens (including phenoxy) is 3. The smallest absolute Gasteiger partial charge is 0.271 e. The maximum absolute atomic E-state index is 12.0. The Labute approximate surface area is 140 Å². The number of methoxy groups -OCH3 is 3. The van der Waals surface area contributed by atoms with Crippen LogP contribution in [0.25, 0.3) is 0 Å². The summed E-state index contributed by atoms with van der Waals surface area (Å²) in [5, 5.41) is 4.12. The third-order valence-electron chi connectivity index (χ3n) is 3.35. The van der Waals surface area contributed by atoms with Gasteiger partial charge in [-0.1, -0.05) is 0 Å². The van der Waals surface area contributed by atoms with Gasteiger partial charge in [0, 0.05) is 23.5 Å². The summed E-state index contributed by atoms with van der Waals surface area (Å²) < 4.78 is 15.9. The minimum absolute atomic E-state index is 0.316. The Morgan fingerprint density at radius 2 is 1.58 bits per heavy atom. The summed E-state index contributed by atoms with van der Waals surface area (Å²) in [5.41, 5.74) is 4.32. The number of hydrogen-bond acceptors (Lipinski definition) is 6. The highest BCUT2D eigenvalue weighted by atomic mass is 16.5. The molecular weight excluding hydrogens is 310 g/mol. The van der Waals surface area contributed by atoms with Crippen molar-refractivity contribution in [2.75, 3.05) is 21.3 Å². The van der Waals surface area contributed by atoms with Crippen molar-refractivity contribution in [3.8, 4) is 17.2 Å². The second-order valence-electron chi connectivity index (χ2n) is 4.79. The van der Waals surface area contributed by atoms with Crippen molar-refractivity contribution in [1.29, 1.82) is 0 Å². The van der Waals surface area contributed by atoms with E-state index in [1.54, 1.807) is 57.8 Å². The lowest BCUT2D eigenvalue weighted by Crippen LogP contribution is -2.19. The van der Waals surface area contributed by atoms with Crippen LogP contribution in [-0.4, -0.2) is 37.9 Å². The fourth-order valence-corrected chi connectivity index (χ4v) is 2.06. The summed E-state index contributed by atoms with van der Waals surface area (Å²) in [6.45, 7) is 1.77. The zero-order chi connectivity index (χ0) is 17.5. The van der Waals surface area contributed by atoms with Crippen LogP contribution in [0.5, 0.6) is 17.2 Å². The Morgan fingerprint density at radius 1 is 1.00 bits per heavy atom. The maximum atomic E-state index is 12.0. The molecule has 1 amide bonds. The Morgan fingerprint density at radius 3 is 2.08 bits per heavy atom. The van der Waals surface area contributed by atoms with Gasteiger partial charge in [0.25, 0.3) is 5.91 Å². The number of rotatable bonds is 6. The molecule has 1 aromatic heterocycles. The summed E-state index contributed by atoms with van der Waals surface area (Å²) >= 11 is 0. The number of hydrogen-bond donors (Lipinski definition) is 1. The molecule has 0 fully saturated rings. The quantitative estimate of drug-likeness (QED) is 0.649. The number of hydrazone groups is 1. The third-order valence-corrected chi connectivity index (χ3v) is 3.35. The fraction of sp³-hybridized carbons (Fsp3) is 0.235. The highest BCUT2D eigenvalue weighted by molar-refractivity contribution is 6.01. The van der Waals surface area contributed by atoms with E-state index in [1.165, 1.54) is 7.11 Å². The molecule has 1 N–H and O–H groups in total. The van der Waals surface area contributed by atoms with E-state index < -0.39 is 0 Å². The number of nitrogens with zero attached hydrogens (tertiary/aromatic N) is 2. The van der Waals surface area contributed by atoms with E-state index in [0.29, 0.717) is 28.5 Å². The number of benzene rings is 1. The molecular formula is C17H19N3O4. The number of carbonyl (C=O) groups is 1. The summed E-state index contributed by atoms with van der Waals surface area (Å²) in [4.78, 5) is 15.9. The zero-order valence-corrected chi connectivity index (χ0v) is 14.0. The topological polar surface area (TPSA) is 82.0 Å². The van der Waals surface area contributed by atoms with Gasteiger partial charge in [-0.25, -0.2) is 5.43 Å². The van der Waals surface area contributed by atoms with Crippen molar-refractivity contribution >= 4 is 11.6 Å². The van der Waals surface area contributed by atoms with Crippen molar-refractivity contribution in [2.24, 2.45) is 5.10 Å². The normalized spacial score (nSPS) is 10.9. The number of pyridine rings is 1. The average Bonchev–Trinajstić information content (AvgIpc) is 2.65. The summed E-state index contributed by atoms with van der Waals surface area (Å²) in [6.07, 6.45) is 3.09. The zero-order valence-electron chi connectivity index (χ0n) is 14.0. The average molecular weight is 329 g/mol. The van der Waals surface area contributed by atoms with Crippen LogP contribution in [0.2, 0.25) is 0 Å². The van der Waals surface area contributed by atoms with Gasteiger partial charge in [-0.05, 0) is 31.2 Å². The predicted octanol–water partition coefficient (Wildman–Crippen LogP) is 2.26. The fourth-order valence-electron chi connectivity index (χ4n) is 2.06. The molecule has 24 heavy (non-hydrogen) atoms. The molecule has 0 saturated carbocycles. The van der Waals surface area contributed by atoms with Gasteiger partial charge in [0.15, 0.2) is 11.5 Å². The van der Waals surface area contributed by atoms with Gasteiger partial charge in [-0.15, -0.1) is 0 Å². The molecule has 126 valence electrons. The molecule has 1 heterocycles. The van der Waals surface area contributed by atoms with Crippen LogP contribution in [0.3, 0.4) is 0 Å². The first-order valence-electron chi connectivity index (χ1n) is 7.15. The Kier molecular flexibility index (Phi) is 5.73. The third kappa shape index (κ3) is 3.81. The molecule has 2 rings (SSSR count). The molecule has 0 aliphatic heterocycles. The van der Waals surface area contributed by atoms with E-state index in [-0.39, 0.29) is 5.91 Å². The molecule has 0 aliphatic carbocycles. The van der Waals surface area contributed by atoms with Gasteiger partial charge < -0.3 is 14.2 Å². The lowest BCUT2D eigenvalue weighted by molar-refractivity contribution is 0.0954. The van der Waals surface area contributed by atoms with Crippen LogP contribution in [0, 0.1) is 0 Å². The number of aromatic nitrogens is 1. The summed E-state index contributed by atoms with van der Waals surface area (Å²) in [6, 6.07) is 6.75. The molecule has 1 aromatic carbocycles. The van der Waals surface area contributed by atoms with E-state index in [1.807, 2.05) is 0 Å². The first-order valence-corrected chi connectivity index (χ1v) is 7.15. The minimum atomic E-state index is -0.316. The van der Waals surface area contributed by atoms with E-state index >= 15 is 0 Å². The van der Waals surface area contributed by atoms with Gasteiger partial charge in [-0.2, -0.15) is 5.10 Å². The van der Waals surface area contributed by atoms with Crippen molar-refractivity contribution in [1.82, 2.24) is 10.4 Å². The van der Waals surface area contributed by atoms with Crippen molar-refractivity contribution < 1.29 is 19.0 Å². The van der Waals surface area contributed by atoms with Crippen LogP contribution in [-0.2, 0) is 0 Å². The number of carbonyl (C=O) groups excluding carboxylic acids is 1. The maximum Gasteiger partial charge on any atom is 0.271 e. The Hall–Kier alpha value is -3.09. The van der Waals surface area contributed by atoms with Crippen LogP contribution in [0.4, 0.5) is 0 Å². The molecule has 0 atom stereocenters. The number of amides is 1. The standard InChI is InChI=1S/C17H19N3O4/c1-11(19-20-17(21)12-5-7-18-8-6-12)13-9-14(22-2)16(24-4)15(10-13)23-3/h5-10H,1-4H3,(H,20,21)/b19-11-. The highest BCUT2D eigenvalue weighted by Crippen LogP contribution is 2.38. The van der Waals surface area contributed by atoms with Gasteiger partial charge in [-0.3, -0.25) is 9.78 Å². The van der Waals surface area contributed by atoms with E-state index in [9.17, 15) is 4.79 Å². The van der Waals surface area contributed by atoms with E-state index in [0.717, 1.165) is 5.56 Å². The largest absolute Gasteiger partial charge is 0.493 e. The molecule has 0 spiro atoms. The van der Waals surface area contributed by atoms with Crippen LogP contribution in [0.1, 0.15) is 22.8 Å². The second kappa shape index (κ2) is 7.96. The van der Waals surface area contributed by atoms with Gasteiger partial charge in [0.1, 0.15) is 0 Å². The van der Waals surface area contributed by atoms with Gasteiger partial charge in [0.05, 0.1) is 27.0 Å². The van der Waals surface area contributed by atoms with Crippen LogP contribution >= 0.6 is 0 Å². The molecule has 0 bridgehead atoms. The summed E-state index contributed by atoms with van der Waals surface area (Å²) in [5.74, 6) is 1.21. The first-order chi connectivity index (χ1) is 11.6. The first kappa shape index (κ1) is 17.3. The molecule has 0 saturated heterocycles.